The van der Waals surface area contributed by atoms with Crippen LogP contribution >= 0.6 is 0 Å². The Morgan fingerprint density at radius 2 is 1.95 bits per heavy atom. The van der Waals surface area contributed by atoms with Crippen molar-refractivity contribution >= 4 is 5.91 Å². The van der Waals surface area contributed by atoms with Crippen molar-refractivity contribution < 1.29 is 15.0 Å². The summed E-state index contributed by atoms with van der Waals surface area (Å²) in [4.78, 5) is 17.7. The van der Waals surface area contributed by atoms with Gasteiger partial charge in [-0.05, 0) is 44.1 Å². The lowest BCUT2D eigenvalue weighted by atomic mass is 9.79. The standard InChI is InChI=1S/C14H18N4O3/c19-12-10(13(20)11(12)18-7-3-4-8-18)16-17-14(21)9-5-1-2-6-15-9/h1-2,5-6,10-13,16H,3-4,7-8H2,(H,17,21)/q-2. The van der Waals surface area contributed by atoms with Crippen LogP contribution in [0.2, 0.25) is 0 Å². The molecule has 0 aromatic carbocycles. The second kappa shape index (κ2) is 6.07. The van der Waals surface area contributed by atoms with E-state index in [9.17, 15) is 15.0 Å². The SMILES string of the molecule is O=C(NNC1C([O-])C(N2CCCC2)C1[O-])c1ccccn1. The van der Waals surface area contributed by atoms with Gasteiger partial charge in [-0.2, -0.15) is 0 Å². The van der Waals surface area contributed by atoms with E-state index >= 15 is 0 Å². The predicted octanol–water partition coefficient (Wildman–Crippen LogP) is -2.38. The van der Waals surface area contributed by atoms with Crippen LogP contribution in [0, 0.1) is 0 Å². The molecule has 0 radical (unpaired) electrons. The highest BCUT2D eigenvalue weighted by atomic mass is 16.3. The van der Waals surface area contributed by atoms with E-state index in [-0.39, 0.29) is 5.69 Å². The fourth-order valence-electron chi connectivity index (χ4n) is 2.98. The topological polar surface area (TPSA) is 103 Å². The molecule has 1 amide bonds. The van der Waals surface area contributed by atoms with Crippen LogP contribution in [0.4, 0.5) is 0 Å². The summed E-state index contributed by atoms with van der Waals surface area (Å²) in [5, 5.41) is 24.2. The van der Waals surface area contributed by atoms with Gasteiger partial charge in [0.25, 0.3) is 5.91 Å². The van der Waals surface area contributed by atoms with Crippen molar-refractivity contribution in [2.24, 2.45) is 0 Å². The number of amides is 1. The third-order valence-electron chi connectivity index (χ3n) is 4.19. The lowest BCUT2D eigenvalue weighted by Crippen LogP contribution is -2.83. The molecule has 1 aliphatic carbocycles. The van der Waals surface area contributed by atoms with Gasteiger partial charge < -0.3 is 15.1 Å². The quantitative estimate of drug-likeness (QED) is 0.600. The molecule has 21 heavy (non-hydrogen) atoms. The van der Waals surface area contributed by atoms with Crippen molar-refractivity contribution in [3.63, 3.8) is 0 Å². The van der Waals surface area contributed by atoms with Crippen LogP contribution in [-0.2, 0) is 0 Å². The summed E-state index contributed by atoms with van der Waals surface area (Å²) in [5.74, 6) is -0.445. The summed E-state index contributed by atoms with van der Waals surface area (Å²) in [6, 6.07) is 3.73. The highest BCUT2D eigenvalue weighted by Gasteiger charge is 2.40. The first-order chi connectivity index (χ1) is 10.2. The van der Waals surface area contributed by atoms with E-state index in [1.54, 1.807) is 18.2 Å². The lowest BCUT2D eigenvalue weighted by molar-refractivity contribution is -0.545. The van der Waals surface area contributed by atoms with Crippen LogP contribution in [0.5, 0.6) is 0 Å². The maximum Gasteiger partial charge on any atom is 0.283 e. The zero-order valence-corrected chi connectivity index (χ0v) is 11.6. The number of pyridine rings is 1. The van der Waals surface area contributed by atoms with Crippen LogP contribution < -0.4 is 21.1 Å². The van der Waals surface area contributed by atoms with Crippen molar-refractivity contribution in [1.82, 2.24) is 20.7 Å². The Labute approximate surface area is 123 Å². The van der Waals surface area contributed by atoms with Gasteiger partial charge in [0.1, 0.15) is 5.69 Å². The zero-order chi connectivity index (χ0) is 14.8. The number of hydrogen-bond acceptors (Lipinski definition) is 6. The molecule has 1 saturated carbocycles. The molecule has 114 valence electrons. The number of likely N-dealkylation sites (tertiary alicyclic amines) is 1. The molecule has 1 aliphatic heterocycles. The first kappa shape index (κ1) is 14.4. The van der Waals surface area contributed by atoms with Crippen molar-refractivity contribution in [2.45, 2.75) is 37.1 Å². The summed E-state index contributed by atoms with van der Waals surface area (Å²) < 4.78 is 0. The van der Waals surface area contributed by atoms with Gasteiger partial charge in [0.15, 0.2) is 0 Å². The minimum Gasteiger partial charge on any atom is -0.850 e. The van der Waals surface area contributed by atoms with Crippen molar-refractivity contribution in [3.8, 4) is 0 Å². The van der Waals surface area contributed by atoms with Gasteiger partial charge in [-0.3, -0.25) is 15.2 Å². The van der Waals surface area contributed by atoms with E-state index in [2.05, 4.69) is 15.8 Å². The van der Waals surface area contributed by atoms with E-state index in [4.69, 9.17) is 0 Å². The third kappa shape index (κ3) is 2.77. The minimum absolute atomic E-state index is 0.241. The summed E-state index contributed by atoms with van der Waals surface area (Å²) in [7, 11) is 0. The highest BCUT2D eigenvalue weighted by Crippen LogP contribution is 2.26. The Morgan fingerprint density at radius 3 is 2.57 bits per heavy atom. The Kier molecular flexibility index (Phi) is 4.16. The van der Waals surface area contributed by atoms with Crippen LogP contribution in [0.15, 0.2) is 24.4 Å². The fourth-order valence-corrected chi connectivity index (χ4v) is 2.98. The van der Waals surface area contributed by atoms with Gasteiger partial charge in [-0.15, -0.1) is 0 Å². The molecule has 1 aromatic heterocycles. The predicted molar refractivity (Wildman–Crippen MR) is 70.8 cm³/mol. The maximum atomic E-state index is 12.1. The van der Waals surface area contributed by atoms with Gasteiger partial charge in [0, 0.05) is 12.2 Å². The molecule has 1 aromatic rings. The second-order valence-corrected chi connectivity index (χ2v) is 5.50. The van der Waals surface area contributed by atoms with E-state index in [0.717, 1.165) is 25.9 Å². The molecule has 0 spiro atoms. The maximum absolute atomic E-state index is 12.1. The van der Waals surface area contributed by atoms with Crippen molar-refractivity contribution in [3.05, 3.63) is 30.1 Å². The number of nitrogens with zero attached hydrogens (tertiary/aromatic N) is 2. The molecule has 2 unspecified atom stereocenters. The lowest BCUT2D eigenvalue weighted by Gasteiger charge is -2.63. The minimum atomic E-state index is -1.00. The molecule has 2 fully saturated rings. The Morgan fingerprint density at radius 1 is 1.24 bits per heavy atom. The largest absolute Gasteiger partial charge is 0.850 e. The van der Waals surface area contributed by atoms with Gasteiger partial charge in [0.2, 0.25) is 0 Å². The molecule has 2 atom stereocenters. The van der Waals surface area contributed by atoms with E-state index < -0.39 is 30.2 Å². The van der Waals surface area contributed by atoms with Gasteiger partial charge in [-0.1, -0.05) is 18.3 Å². The molecule has 2 heterocycles. The second-order valence-electron chi connectivity index (χ2n) is 5.50. The first-order valence-corrected chi connectivity index (χ1v) is 7.21. The summed E-state index contributed by atoms with van der Waals surface area (Å²) >= 11 is 0. The van der Waals surface area contributed by atoms with Crippen molar-refractivity contribution in [1.29, 1.82) is 0 Å². The number of nitrogens with one attached hydrogen (secondary N) is 2. The van der Waals surface area contributed by atoms with Crippen LogP contribution in [0.25, 0.3) is 0 Å². The molecule has 2 N–H and O–H groups in total. The number of hydrogen-bond donors (Lipinski definition) is 2. The number of carbonyl (C=O) groups is 1. The Balaban J connectivity index is 1.51. The van der Waals surface area contributed by atoms with Gasteiger partial charge >= 0.3 is 0 Å². The fraction of sp³-hybridized carbons (Fsp3) is 0.571. The summed E-state index contributed by atoms with van der Waals surface area (Å²) in [6.07, 6.45) is 1.59. The molecule has 3 rings (SSSR count). The van der Waals surface area contributed by atoms with Crippen molar-refractivity contribution in [2.75, 3.05) is 13.1 Å². The molecule has 7 nitrogen and oxygen atoms in total. The third-order valence-corrected chi connectivity index (χ3v) is 4.19. The monoisotopic (exact) mass is 290 g/mol. The number of hydrazine groups is 1. The van der Waals surface area contributed by atoms with Crippen LogP contribution in [0.1, 0.15) is 23.3 Å². The Hall–Kier alpha value is -1.54. The molecular weight excluding hydrogens is 272 g/mol. The highest BCUT2D eigenvalue weighted by molar-refractivity contribution is 5.91. The molecule has 0 bridgehead atoms. The first-order valence-electron chi connectivity index (χ1n) is 7.21. The van der Waals surface area contributed by atoms with E-state index in [0.29, 0.717) is 0 Å². The van der Waals surface area contributed by atoms with Crippen LogP contribution in [-0.4, -0.2) is 53.2 Å². The average molecular weight is 290 g/mol. The Bertz CT molecular complexity index is 482. The summed E-state index contributed by atoms with van der Waals surface area (Å²) in [5.41, 5.74) is 5.22. The normalized spacial score (nSPS) is 32.7. The molecule has 7 heteroatoms. The van der Waals surface area contributed by atoms with Gasteiger partial charge in [-0.25, -0.2) is 5.43 Å². The molecular formula is C14H18N4O3-2. The number of aromatic nitrogens is 1. The molecule has 2 aliphatic rings. The van der Waals surface area contributed by atoms with Gasteiger partial charge in [0.05, 0.1) is 0 Å². The zero-order valence-electron chi connectivity index (χ0n) is 11.6. The number of carbonyl (C=O) groups excluding carboxylic acids is 1. The molecule has 1 saturated heterocycles. The summed E-state index contributed by atoms with van der Waals surface area (Å²) in [6.45, 7) is 1.66. The average Bonchev–Trinajstić information content (AvgIpc) is 3.02. The van der Waals surface area contributed by atoms with Crippen LogP contribution in [0.3, 0.4) is 0 Å². The smallest absolute Gasteiger partial charge is 0.283 e. The van der Waals surface area contributed by atoms with E-state index in [1.165, 1.54) is 6.20 Å². The van der Waals surface area contributed by atoms with E-state index in [1.807, 2.05) is 4.90 Å². The number of rotatable bonds is 4.